The minimum absolute atomic E-state index is 0.196. The Labute approximate surface area is 127 Å². The van der Waals surface area contributed by atoms with E-state index < -0.39 is 5.97 Å². The number of carboxylic acids is 1. The summed E-state index contributed by atoms with van der Waals surface area (Å²) in [5, 5.41) is 8.85. The van der Waals surface area contributed by atoms with E-state index in [2.05, 4.69) is 0 Å². The van der Waals surface area contributed by atoms with Gasteiger partial charge in [0.2, 0.25) is 0 Å². The summed E-state index contributed by atoms with van der Waals surface area (Å²) in [5.74, 6) is -1.18. The molecule has 0 saturated carbocycles. The number of benzene rings is 2. The first-order valence-corrected chi connectivity index (χ1v) is 7.53. The van der Waals surface area contributed by atoms with Crippen LogP contribution in [0.5, 0.6) is 0 Å². The van der Waals surface area contributed by atoms with Crippen molar-refractivity contribution in [3.8, 4) is 0 Å². The van der Waals surface area contributed by atoms with E-state index in [9.17, 15) is 9.59 Å². The predicted octanol–water partition coefficient (Wildman–Crippen LogP) is 2.85. The molecule has 0 aromatic heterocycles. The molecule has 0 unspecified atom stereocenters. The highest BCUT2D eigenvalue weighted by atomic mass is 32.2. The second-order valence-electron chi connectivity index (χ2n) is 4.51. The van der Waals surface area contributed by atoms with Crippen molar-refractivity contribution >= 4 is 29.2 Å². The summed E-state index contributed by atoms with van der Waals surface area (Å²) in [6.45, 7) is 0. The first-order valence-electron chi connectivity index (χ1n) is 6.31. The zero-order chi connectivity index (χ0) is 15.4. The van der Waals surface area contributed by atoms with E-state index in [1.54, 1.807) is 42.1 Å². The molecule has 5 heteroatoms. The molecule has 2 aromatic rings. The van der Waals surface area contributed by atoms with Crippen LogP contribution in [-0.4, -0.2) is 23.1 Å². The Morgan fingerprint density at radius 1 is 1.14 bits per heavy atom. The number of hydrogen-bond donors (Lipinski definition) is 2. The largest absolute Gasteiger partial charge is 0.481 e. The molecule has 0 aliphatic heterocycles. The van der Waals surface area contributed by atoms with Crippen molar-refractivity contribution in [1.82, 2.24) is 0 Å². The number of para-hydroxylation sites is 1. The van der Waals surface area contributed by atoms with Crippen LogP contribution in [0.25, 0.3) is 0 Å². The summed E-state index contributed by atoms with van der Waals surface area (Å²) < 4.78 is 0. The van der Waals surface area contributed by atoms with Gasteiger partial charge in [0.15, 0.2) is 5.78 Å². The van der Waals surface area contributed by atoms with Crippen LogP contribution >= 0.6 is 11.8 Å². The summed E-state index contributed by atoms with van der Waals surface area (Å²) >= 11 is 1.60. The van der Waals surface area contributed by atoms with E-state index in [0.29, 0.717) is 16.7 Å². The summed E-state index contributed by atoms with van der Waals surface area (Å²) in [6, 6.07) is 12.1. The molecule has 3 N–H and O–H groups in total. The molecule has 0 spiro atoms. The van der Waals surface area contributed by atoms with Gasteiger partial charge in [0.1, 0.15) is 0 Å². The molecule has 2 aromatic carbocycles. The maximum atomic E-state index is 12.5. The number of nitrogens with two attached hydrogens (primary N) is 1. The lowest BCUT2D eigenvalue weighted by atomic mass is 9.98. The van der Waals surface area contributed by atoms with Crippen molar-refractivity contribution in [2.45, 2.75) is 11.3 Å². The predicted molar refractivity (Wildman–Crippen MR) is 83.8 cm³/mol. The number of hydrogen-bond acceptors (Lipinski definition) is 4. The van der Waals surface area contributed by atoms with Gasteiger partial charge in [-0.15, -0.1) is 11.8 Å². The second kappa shape index (κ2) is 6.45. The fourth-order valence-electron chi connectivity index (χ4n) is 2.03. The van der Waals surface area contributed by atoms with Gasteiger partial charge in [-0.3, -0.25) is 9.59 Å². The number of aliphatic carboxylic acids is 1. The molecule has 0 bridgehead atoms. The molecule has 4 nitrogen and oxygen atoms in total. The summed E-state index contributed by atoms with van der Waals surface area (Å²) in [6.07, 6.45) is 1.77. The van der Waals surface area contributed by atoms with Gasteiger partial charge in [0.25, 0.3) is 0 Å². The lowest BCUT2D eigenvalue weighted by molar-refractivity contribution is -0.136. The van der Waals surface area contributed by atoms with E-state index in [-0.39, 0.29) is 17.9 Å². The van der Waals surface area contributed by atoms with Gasteiger partial charge in [-0.05, 0) is 42.2 Å². The fraction of sp³-hybridized carbons (Fsp3) is 0.125. The standard InChI is InChI=1S/C16H15NO3S/c1-21-12-7-5-10(6-8-12)16(20)13-4-2-3-11(15(13)17)9-14(18)19/h2-8H,9,17H2,1H3,(H,18,19). The number of anilines is 1. The van der Waals surface area contributed by atoms with Gasteiger partial charge >= 0.3 is 5.97 Å². The summed E-state index contributed by atoms with van der Waals surface area (Å²) in [5.41, 5.74) is 7.50. The van der Waals surface area contributed by atoms with Crippen molar-refractivity contribution in [2.24, 2.45) is 0 Å². The van der Waals surface area contributed by atoms with Crippen LogP contribution in [0.15, 0.2) is 47.4 Å². The van der Waals surface area contributed by atoms with Gasteiger partial charge in [-0.1, -0.05) is 12.1 Å². The van der Waals surface area contributed by atoms with Crippen LogP contribution in [0.1, 0.15) is 21.5 Å². The van der Waals surface area contributed by atoms with Gasteiger partial charge < -0.3 is 10.8 Å². The van der Waals surface area contributed by atoms with E-state index in [0.717, 1.165) is 4.90 Å². The average molecular weight is 301 g/mol. The van der Waals surface area contributed by atoms with Crippen LogP contribution in [0.4, 0.5) is 5.69 Å². The highest BCUT2D eigenvalue weighted by Gasteiger charge is 2.15. The monoisotopic (exact) mass is 301 g/mol. The number of carboxylic acid groups (broad SMARTS) is 1. The molecular weight excluding hydrogens is 286 g/mol. The van der Waals surface area contributed by atoms with E-state index in [4.69, 9.17) is 10.8 Å². The van der Waals surface area contributed by atoms with E-state index in [1.165, 1.54) is 0 Å². The SMILES string of the molecule is CSc1ccc(C(=O)c2cccc(CC(=O)O)c2N)cc1. The van der Waals surface area contributed by atoms with Crippen LogP contribution in [0.2, 0.25) is 0 Å². The maximum Gasteiger partial charge on any atom is 0.307 e. The smallest absolute Gasteiger partial charge is 0.307 e. The summed E-state index contributed by atoms with van der Waals surface area (Å²) in [7, 11) is 0. The average Bonchev–Trinajstić information content (AvgIpc) is 2.48. The van der Waals surface area contributed by atoms with Crippen LogP contribution < -0.4 is 5.73 Å². The molecule has 0 saturated heterocycles. The number of carbonyl (C=O) groups is 2. The molecule has 0 fully saturated rings. The second-order valence-corrected chi connectivity index (χ2v) is 5.39. The molecule has 21 heavy (non-hydrogen) atoms. The van der Waals surface area contributed by atoms with E-state index in [1.807, 2.05) is 18.4 Å². The van der Waals surface area contributed by atoms with Crippen molar-refractivity contribution in [3.05, 3.63) is 59.2 Å². The summed E-state index contributed by atoms with van der Waals surface area (Å²) in [4.78, 5) is 24.3. The zero-order valence-electron chi connectivity index (χ0n) is 11.5. The molecule has 2 rings (SSSR count). The third kappa shape index (κ3) is 3.44. The Morgan fingerprint density at radius 2 is 1.81 bits per heavy atom. The molecule has 0 heterocycles. The third-order valence-corrected chi connectivity index (χ3v) is 3.88. The number of ketones is 1. The molecule has 0 aliphatic rings. The Balaban J connectivity index is 2.36. The topological polar surface area (TPSA) is 80.4 Å². The van der Waals surface area contributed by atoms with Crippen molar-refractivity contribution in [3.63, 3.8) is 0 Å². The van der Waals surface area contributed by atoms with Crippen LogP contribution in [0.3, 0.4) is 0 Å². The van der Waals surface area contributed by atoms with Crippen LogP contribution in [-0.2, 0) is 11.2 Å². The van der Waals surface area contributed by atoms with Crippen LogP contribution in [0, 0.1) is 0 Å². The Kier molecular flexibility index (Phi) is 4.65. The Morgan fingerprint density at radius 3 is 2.38 bits per heavy atom. The molecule has 0 aliphatic carbocycles. The fourth-order valence-corrected chi connectivity index (χ4v) is 2.43. The maximum absolute atomic E-state index is 12.5. The first kappa shape index (κ1) is 15.1. The quantitative estimate of drug-likeness (QED) is 0.504. The van der Waals surface area contributed by atoms with Gasteiger partial charge in [0.05, 0.1) is 6.42 Å². The van der Waals surface area contributed by atoms with Crippen molar-refractivity contribution < 1.29 is 14.7 Å². The number of carbonyl (C=O) groups excluding carboxylic acids is 1. The Hall–Kier alpha value is -2.27. The van der Waals surface area contributed by atoms with Gasteiger partial charge in [-0.25, -0.2) is 0 Å². The lowest BCUT2D eigenvalue weighted by Crippen LogP contribution is -2.10. The molecule has 0 radical (unpaired) electrons. The Bertz CT molecular complexity index is 680. The van der Waals surface area contributed by atoms with Crippen molar-refractivity contribution in [1.29, 1.82) is 0 Å². The van der Waals surface area contributed by atoms with E-state index >= 15 is 0 Å². The highest BCUT2D eigenvalue weighted by Crippen LogP contribution is 2.23. The lowest BCUT2D eigenvalue weighted by Gasteiger charge is -2.09. The minimum atomic E-state index is -0.976. The molecular formula is C16H15NO3S. The first-order chi connectivity index (χ1) is 10.0. The molecule has 108 valence electrons. The van der Waals surface area contributed by atoms with Gasteiger partial charge in [0, 0.05) is 21.7 Å². The highest BCUT2D eigenvalue weighted by molar-refractivity contribution is 7.98. The minimum Gasteiger partial charge on any atom is -0.481 e. The molecule has 0 amide bonds. The normalized spacial score (nSPS) is 10.3. The van der Waals surface area contributed by atoms with Crippen molar-refractivity contribution in [2.75, 3.05) is 12.0 Å². The number of rotatable bonds is 5. The number of thioether (sulfide) groups is 1. The zero-order valence-corrected chi connectivity index (χ0v) is 12.3. The van der Waals surface area contributed by atoms with Gasteiger partial charge in [-0.2, -0.15) is 0 Å². The third-order valence-electron chi connectivity index (χ3n) is 3.13. The molecule has 0 atom stereocenters. The number of nitrogen functional groups attached to an aromatic ring is 1.